The van der Waals surface area contributed by atoms with Gasteiger partial charge in [0, 0.05) is 30.8 Å². The Bertz CT molecular complexity index is 824. The molecular formula is C17H22N6O5. The van der Waals surface area contributed by atoms with Gasteiger partial charge in [-0.3, -0.25) is 30.0 Å². The highest BCUT2D eigenvalue weighted by Crippen LogP contribution is 2.22. The van der Waals surface area contributed by atoms with Crippen LogP contribution in [0.4, 0.5) is 0 Å². The van der Waals surface area contributed by atoms with Crippen LogP contribution in [0.1, 0.15) is 22.8 Å². The van der Waals surface area contributed by atoms with Crippen LogP contribution in [0.3, 0.4) is 0 Å². The maximum Gasteiger partial charge on any atom is 0.323 e. The molecule has 0 bridgehead atoms. The number of benzene rings is 1. The number of carboxylic acids is 1. The number of piperazine rings is 1. The largest absolute Gasteiger partial charge is 0.480 e. The number of nitrogens with one attached hydrogen (secondary N) is 2. The molecule has 1 aliphatic rings. The molecule has 28 heavy (non-hydrogen) atoms. The van der Waals surface area contributed by atoms with Crippen LogP contribution in [0.25, 0.3) is 0 Å². The predicted octanol–water partition coefficient (Wildman–Crippen LogP) is -1.87. The number of carbonyl (C=O) groups excluding carboxylic acids is 3. The van der Waals surface area contributed by atoms with Gasteiger partial charge in [-0.05, 0) is 19.1 Å². The Kier molecular flexibility index (Phi) is 6.11. The average molecular weight is 390 g/mol. The van der Waals surface area contributed by atoms with Crippen molar-refractivity contribution in [3.8, 4) is 0 Å². The Morgan fingerprint density at radius 3 is 2.25 bits per heavy atom. The molecule has 0 spiro atoms. The Morgan fingerprint density at radius 2 is 1.79 bits per heavy atom. The Labute approximate surface area is 160 Å². The highest BCUT2D eigenvalue weighted by atomic mass is 16.4. The zero-order valence-corrected chi connectivity index (χ0v) is 15.3. The van der Waals surface area contributed by atoms with E-state index in [0.717, 1.165) is 16.8 Å². The topological polar surface area (TPSA) is 183 Å². The summed E-state index contributed by atoms with van der Waals surface area (Å²) >= 11 is 0. The van der Waals surface area contributed by atoms with Crippen molar-refractivity contribution in [3.63, 3.8) is 0 Å². The van der Waals surface area contributed by atoms with Crippen LogP contribution < -0.4 is 16.9 Å². The Morgan fingerprint density at radius 1 is 1.21 bits per heavy atom. The van der Waals surface area contributed by atoms with Gasteiger partial charge in [0.05, 0.1) is 0 Å². The van der Waals surface area contributed by atoms with E-state index in [-0.39, 0.29) is 24.5 Å². The van der Waals surface area contributed by atoms with Gasteiger partial charge in [-0.1, -0.05) is 12.1 Å². The minimum absolute atomic E-state index is 0.00369. The summed E-state index contributed by atoms with van der Waals surface area (Å²) in [5, 5.41) is 17.5. The first kappa shape index (κ1) is 21.0. The number of hydrazine groups is 1. The van der Waals surface area contributed by atoms with E-state index in [2.05, 4.69) is 5.43 Å². The van der Waals surface area contributed by atoms with Crippen molar-refractivity contribution in [2.24, 2.45) is 11.5 Å². The van der Waals surface area contributed by atoms with E-state index in [9.17, 15) is 19.2 Å². The molecule has 11 nitrogen and oxygen atoms in total. The number of amides is 2. The van der Waals surface area contributed by atoms with Gasteiger partial charge in [-0.25, -0.2) is 0 Å². The van der Waals surface area contributed by atoms with Crippen LogP contribution in [-0.4, -0.2) is 76.1 Å². The molecule has 1 aliphatic heterocycles. The molecule has 1 unspecified atom stereocenters. The third kappa shape index (κ3) is 3.85. The molecule has 0 radical (unpaired) electrons. The van der Waals surface area contributed by atoms with E-state index in [1.165, 1.54) is 24.3 Å². The Balaban J connectivity index is 2.28. The van der Waals surface area contributed by atoms with Crippen molar-refractivity contribution in [3.05, 3.63) is 35.4 Å². The number of Topliss-reactive ketones (excluding diaryl/α,β-unsaturated/α-hetero) is 1. The minimum atomic E-state index is -1.89. The van der Waals surface area contributed by atoms with Crippen molar-refractivity contribution >= 4 is 29.4 Å². The summed E-state index contributed by atoms with van der Waals surface area (Å²) in [5.74, 6) is -3.34. The molecule has 1 atom stereocenters. The van der Waals surface area contributed by atoms with E-state index in [0.29, 0.717) is 5.56 Å². The highest BCUT2D eigenvalue weighted by Gasteiger charge is 2.53. The second-order valence-corrected chi connectivity index (χ2v) is 6.32. The number of nitrogens with two attached hydrogens (primary N) is 2. The number of amidine groups is 1. The number of hydrogen-bond acceptors (Lipinski definition) is 7. The number of nitrogen functional groups attached to an aromatic ring is 1. The molecule has 1 heterocycles. The molecule has 1 aromatic rings. The molecular weight excluding hydrogens is 368 g/mol. The SMILES string of the molecule is CC(=O)C1(CN)C(=O)N(CC(=O)O)CCN1NC(=O)c1ccc(C(=N)N)cc1. The highest BCUT2D eigenvalue weighted by molar-refractivity contribution is 6.11. The van der Waals surface area contributed by atoms with E-state index in [1.54, 1.807) is 0 Å². The molecule has 1 saturated heterocycles. The van der Waals surface area contributed by atoms with Crippen LogP contribution in [0.5, 0.6) is 0 Å². The van der Waals surface area contributed by atoms with Gasteiger partial charge in [-0.2, -0.15) is 5.01 Å². The lowest BCUT2D eigenvalue weighted by Crippen LogP contribution is -2.75. The summed E-state index contributed by atoms with van der Waals surface area (Å²) in [7, 11) is 0. The summed E-state index contributed by atoms with van der Waals surface area (Å²) in [6.45, 7) is 0.190. The van der Waals surface area contributed by atoms with Crippen molar-refractivity contribution in [1.82, 2.24) is 15.3 Å². The molecule has 2 amide bonds. The molecule has 0 aliphatic carbocycles. The van der Waals surface area contributed by atoms with Crippen molar-refractivity contribution < 1.29 is 24.3 Å². The first-order chi connectivity index (χ1) is 13.1. The standard InChI is InChI=1S/C17H22N6O5/c1-10(24)17(9-18)16(28)22(8-13(25)26)6-7-23(17)21-15(27)12-4-2-11(3-5-12)14(19)20/h2-5H,6-9,18H2,1H3,(H3,19,20)(H,21,27)(H,25,26). The van der Waals surface area contributed by atoms with Gasteiger partial charge in [0.15, 0.2) is 11.3 Å². The molecule has 0 saturated carbocycles. The van der Waals surface area contributed by atoms with E-state index < -0.39 is 42.2 Å². The number of rotatable bonds is 7. The normalized spacial score (nSPS) is 19.9. The lowest BCUT2D eigenvalue weighted by atomic mass is 9.89. The molecule has 1 aromatic carbocycles. The van der Waals surface area contributed by atoms with Gasteiger partial charge in [-0.15, -0.1) is 0 Å². The maximum absolute atomic E-state index is 12.8. The van der Waals surface area contributed by atoms with E-state index >= 15 is 0 Å². The summed E-state index contributed by atoms with van der Waals surface area (Å²) in [6.07, 6.45) is 0. The summed E-state index contributed by atoms with van der Waals surface area (Å²) in [6, 6.07) is 5.89. The second-order valence-electron chi connectivity index (χ2n) is 6.32. The van der Waals surface area contributed by atoms with Crippen LogP contribution in [0, 0.1) is 5.41 Å². The average Bonchev–Trinajstić information content (AvgIpc) is 2.64. The minimum Gasteiger partial charge on any atom is -0.480 e. The second kappa shape index (κ2) is 8.15. The van der Waals surface area contributed by atoms with Crippen LogP contribution in [-0.2, 0) is 14.4 Å². The van der Waals surface area contributed by atoms with Gasteiger partial charge < -0.3 is 21.5 Å². The number of aliphatic carboxylic acids is 1. The molecule has 2 rings (SSSR count). The Hall–Kier alpha value is -3.31. The third-order valence-electron chi connectivity index (χ3n) is 4.59. The number of ketones is 1. The first-order valence-electron chi connectivity index (χ1n) is 8.39. The zero-order valence-electron chi connectivity index (χ0n) is 15.3. The van der Waals surface area contributed by atoms with Crippen LogP contribution in [0.15, 0.2) is 24.3 Å². The van der Waals surface area contributed by atoms with Crippen LogP contribution in [0.2, 0.25) is 0 Å². The van der Waals surface area contributed by atoms with Crippen molar-refractivity contribution in [2.75, 3.05) is 26.2 Å². The quantitative estimate of drug-likeness (QED) is 0.204. The predicted molar refractivity (Wildman–Crippen MR) is 98.3 cm³/mol. The van der Waals surface area contributed by atoms with E-state index in [1.807, 2.05) is 0 Å². The number of nitrogens with zero attached hydrogens (tertiary/aromatic N) is 2. The fourth-order valence-corrected chi connectivity index (χ4v) is 3.03. The lowest BCUT2D eigenvalue weighted by Gasteiger charge is -2.46. The smallest absolute Gasteiger partial charge is 0.323 e. The van der Waals surface area contributed by atoms with Gasteiger partial charge in [0.1, 0.15) is 12.4 Å². The summed E-state index contributed by atoms with van der Waals surface area (Å²) in [4.78, 5) is 49.8. The van der Waals surface area contributed by atoms with Gasteiger partial charge >= 0.3 is 5.97 Å². The summed E-state index contributed by atoms with van der Waals surface area (Å²) < 4.78 is 0. The molecule has 1 fully saturated rings. The number of carbonyl (C=O) groups is 4. The van der Waals surface area contributed by atoms with Gasteiger partial charge in [0.25, 0.3) is 11.8 Å². The van der Waals surface area contributed by atoms with Crippen LogP contribution >= 0.6 is 0 Å². The zero-order chi connectivity index (χ0) is 21.1. The molecule has 7 N–H and O–H groups in total. The lowest BCUT2D eigenvalue weighted by molar-refractivity contribution is -0.163. The molecule has 0 aromatic heterocycles. The first-order valence-corrected chi connectivity index (χ1v) is 8.39. The monoisotopic (exact) mass is 390 g/mol. The number of carboxylic acid groups (broad SMARTS) is 1. The third-order valence-corrected chi connectivity index (χ3v) is 4.59. The fourth-order valence-electron chi connectivity index (χ4n) is 3.03. The molecule has 11 heteroatoms. The fraction of sp³-hybridized carbons (Fsp3) is 0.353. The number of hydrogen-bond donors (Lipinski definition) is 5. The van der Waals surface area contributed by atoms with Crippen molar-refractivity contribution in [1.29, 1.82) is 5.41 Å². The molecule has 150 valence electrons. The van der Waals surface area contributed by atoms with Crippen molar-refractivity contribution in [2.45, 2.75) is 12.5 Å². The summed E-state index contributed by atoms with van der Waals surface area (Å²) in [5.41, 5.74) is 12.4. The van der Waals surface area contributed by atoms with Gasteiger partial charge in [0.2, 0.25) is 0 Å². The maximum atomic E-state index is 12.8. The van der Waals surface area contributed by atoms with E-state index in [4.69, 9.17) is 22.0 Å².